The van der Waals surface area contributed by atoms with E-state index in [4.69, 9.17) is 16.9 Å². The van der Waals surface area contributed by atoms with Crippen LogP contribution in [0.2, 0.25) is 0 Å². The quantitative estimate of drug-likeness (QED) is 0.794. The Bertz CT molecular complexity index is 597. The molecule has 1 aromatic rings. The van der Waals surface area contributed by atoms with Gasteiger partial charge in [-0.3, -0.25) is 4.72 Å². The van der Waals surface area contributed by atoms with Crippen molar-refractivity contribution in [2.24, 2.45) is 0 Å². The summed E-state index contributed by atoms with van der Waals surface area (Å²) in [5.41, 5.74) is 0.185. The van der Waals surface area contributed by atoms with Gasteiger partial charge in [-0.05, 0) is 12.1 Å². The molecule has 0 bridgehead atoms. The van der Waals surface area contributed by atoms with Crippen molar-refractivity contribution < 1.29 is 17.9 Å². The number of ether oxygens (including phenoxy) is 1. The third-order valence-corrected chi connectivity index (χ3v) is 2.90. The average molecular weight is 304 g/mol. The number of nitrogens with one attached hydrogen (secondary N) is 2. The third kappa shape index (κ3) is 5.03. The van der Waals surface area contributed by atoms with E-state index >= 15 is 0 Å². The molecule has 0 atom stereocenters. The zero-order valence-electron chi connectivity index (χ0n) is 9.59. The number of alkyl halides is 1. The summed E-state index contributed by atoms with van der Waals surface area (Å²) in [6.07, 6.45) is -1.15. The van der Waals surface area contributed by atoms with Crippen molar-refractivity contribution in [3.05, 3.63) is 29.8 Å². The topological polar surface area (TPSA) is 108 Å². The maximum absolute atomic E-state index is 11.6. The lowest BCUT2D eigenvalue weighted by molar-refractivity contribution is 0.159. The average Bonchev–Trinajstić information content (AvgIpc) is 2.36. The van der Waals surface area contributed by atoms with E-state index in [1.807, 2.05) is 10.8 Å². The number of nitriles is 1. The molecule has 0 saturated heterocycles. The highest BCUT2D eigenvalue weighted by molar-refractivity contribution is 7.91. The Balaban J connectivity index is 2.75. The molecule has 0 aliphatic heterocycles. The van der Waals surface area contributed by atoms with E-state index in [1.54, 1.807) is 16.9 Å². The molecule has 0 aliphatic carbocycles. The molecular weight excluding hydrogens is 294 g/mol. The molecule has 7 nitrogen and oxygen atoms in total. The number of hydrogen-bond acceptors (Lipinski definition) is 5. The fraction of sp³-hybridized carbons (Fsp3) is 0.200. The molecule has 0 saturated carbocycles. The second-order valence-corrected chi connectivity index (χ2v) is 4.98. The van der Waals surface area contributed by atoms with Crippen LogP contribution in [0.3, 0.4) is 0 Å². The molecule has 0 heterocycles. The lowest BCUT2D eigenvalue weighted by Gasteiger charge is -2.10. The number of nitrogens with zero attached hydrogens (tertiary/aromatic N) is 1. The number of benzene rings is 1. The fourth-order valence-corrected chi connectivity index (χ4v) is 1.98. The molecular formula is C10H10ClN3O4S. The Kier molecular flexibility index (Phi) is 5.41. The van der Waals surface area contributed by atoms with Gasteiger partial charge in [0.2, 0.25) is 0 Å². The molecule has 9 heteroatoms. The summed E-state index contributed by atoms with van der Waals surface area (Å²) in [7, 11) is -4.17. The Hall–Kier alpha value is -1.98. The van der Waals surface area contributed by atoms with Crippen LogP contribution >= 0.6 is 11.6 Å². The zero-order valence-corrected chi connectivity index (χ0v) is 11.2. The van der Waals surface area contributed by atoms with Gasteiger partial charge in [0.15, 0.2) is 0 Å². The SMILES string of the molecule is N#Cc1ccccc1NS(=O)(=O)NC(=O)OCCCl. The number of halogens is 1. The lowest BCUT2D eigenvalue weighted by atomic mass is 10.2. The van der Waals surface area contributed by atoms with Crippen LogP contribution in [-0.2, 0) is 14.9 Å². The highest BCUT2D eigenvalue weighted by atomic mass is 35.5. The predicted molar refractivity (Wildman–Crippen MR) is 68.9 cm³/mol. The first-order chi connectivity index (χ1) is 8.98. The smallest absolute Gasteiger partial charge is 0.422 e. The molecule has 1 aromatic carbocycles. The van der Waals surface area contributed by atoms with Crippen molar-refractivity contribution in [2.45, 2.75) is 0 Å². The molecule has 1 rings (SSSR count). The molecule has 1 amide bonds. The van der Waals surface area contributed by atoms with E-state index in [2.05, 4.69) is 4.74 Å². The largest absolute Gasteiger partial charge is 0.448 e. The van der Waals surface area contributed by atoms with Crippen molar-refractivity contribution in [3.63, 3.8) is 0 Å². The van der Waals surface area contributed by atoms with Crippen LogP contribution in [0.1, 0.15) is 5.56 Å². The summed E-state index contributed by atoms with van der Waals surface area (Å²) in [6, 6.07) is 7.77. The summed E-state index contributed by atoms with van der Waals surface area (Å²) in [5, 5.41) is 8.80. The normalized spacial score (nSPS) is 10.3. The summed E-state index contributed by atoms with van der Waals surface area (Å²) >= 11 is 5.28. The van der Waals surface area contributed by atoms with Crippen molar-refractivity contribution in [1.29, 1.82) is 5.26 Å². The van der Waals surface area contributed by atoms with Crippen LogP contribution in [0.15, 0.2) is 24.3 Å². The van der Waals surface area contributed by atoms with E-state index in [-0.39, 0.29) is 23.7 Å². The predicted octanol–water partition coefficient (Wildman–Crippen LogP) is 1.18. The molecule has 2 N–H and O–H groups in total. The molecule has 0 fully saturated rings. The molecule has 0 unspecified atom stereocenters. The number of para-hydroxylation sites is 1. The van der Waals surface area contributed by atoms with Crippen LogP contribution < -0.4 is 9.44 Å². The monoisotopic (exact) mass is 303 g/mol. The summed E-state index contributed by atoms with van der Waals surface area (Å²) < 4.78 is 31.3. The van der Waals surface area contributed by atoms with E-state index < -0.39 is 16.3 Å². The van der Waals surface area contributed by atoms with Crippen LogP contribution in [0.25, 0.3) is 0 Å². The second kappa shape index (κ2) is 6.82. The first-order valence-corrected chi connectivity index (χ1v) is 7.02. The maximum Gasteiger partial charge on any atom is 0.422 e. The minimum absolute atomic E-state index is 0.0537. The highest BCUT2D eigenvalue weighted by Gasteiger charge is 2.16. The molecule has 0 radical (unpaired) electrons. The summed E-state index contributed by atoms with van der Waals surface area (Å²) in [5.74, 6) is 0.0537. The van der Waals surface area contributed by atoms with Gasteiger partial charge in [-0.25, -0.2) is 9.52 Å². The van der Waals surface area contributed by atoms with Crippen LogP contribution in [0, 0.1) is 11.3 Å². The van der Waals surface area contributed by atoms with Gasteiger partial charge in [0.25, 0.3) is 0 Å². The summed E-state index contributed by atoms with van der Waals surface area (Å²) in [4.78, 5) is 11.1. The molecule has 102 valence electrons. The maximum atomic E-state index is 11.6. The van der Waals surface area contributed by atoms with Crippen LogP contribution in [0.5, 0.6) is 0 Å². The van der Waals surface area contributed by atoms with Gasteiger partial charge in [0, 0.05) is 0 Å². The van der Waals surface area contributed by atoms with Crippen molar-refractivity contribution >= 4 is 33.6 Å². The minimum Gasteiger partial charge on any atom is -0.448 e. The van der Waals surface area contributed by atoms with Gasteiger partial charge in [-0.1, -0.05) is 12.1 Å². The van der Waals surface area contributed by atoms with E-state index in [0.717, 1.165) is 0 Å². The molecule has 0 aliphatic rings. The first kappa shape index (κ1) is 15.1. The Morgan fingerprint density at radius 2 is 2.11 bits per heavy atom. The number of hydrogen-bond donors (Lipinski definition) is 2. The van der Waals surface area contributed by atoms with Crippen LogP contribution in [-0.4, -0.2) is 27.0 Å². The van der Waals surface area contributed by atoms with E-state index in [9.17, 15) is 13.2 Å². The number of carbonyl (C=O) groups excluding carboxylic acids is 1. The number of carbonyl (C=O) groups is 1. The standard InChI is InChI=1S/C10H10ClN3O4S/c11-5-6-18-10(15)14-19(16,17)13-9-4-2-1-3-8(9)7-12/h1-4,13H,5-6H2,(H,14,15). The highest BCUT2D eigenvalue weighted by Crippen LogP contribution is 2.14. The number of rotatable bonds is 5. The van der Waals surface area contributed by atoms with E-state index in [1.165, 1.54) is 12.1 Å². The number of anilines is 1. The fourth-order valence-electron chi connectivity index (χ4n) is 1.11. The van der Waals surface area contributed by atoms with Gasteiger partial charge in [0.1, 0.15) is 12.7 Å². The number of amides is 1. The second-order valence-electron chi connectivity index (χ2n) is 3.19. The van der Waals surface area contributed by atoms with Crippen molar-refractivity contribution in [1.82, 2.24) is 4.72 Å². The van der Waals surface area contributed by atoms with Crippen molar-refractivity contribution in [3.8, 4) is 6.07 Å². The van der Waals surface area contributed by atoms with Gasteiger partial charge >= 0.3 is 16.3 Å². The first-order valence-electron chi connectivity index (χ1n) is 5.01. The molecule has 19 heavy (non-hydrogen) atoms. The molecule has 0 aromatic heterocycles. The van der Waals surface area contributed by atoms with Crippen molar-refractivity contribution in [2.75, 3.05) is 17.2 Å². The van der Waals surface area contributed by atoms with Gasteiger partial charge in [-0.15, -0.1) is 11.6 Å². The van der Waals surface area contributed by atoms with Gasteiger partial charge < -0.3 is 4.74 Å². The minimum atomic E-state index is -4.17. The third-order valence-electron chi connectivity index (χ3n) is 1.82. The van der Waals surface area contributed by atoms with E-state index in [0.29, 0.717) is 0 Å². The Morgan fingerprint density at radius 3 is 2.74 bits per heavy atom. The summed E-state index contributed by atoms with van der Waals surface area (Å²) in [6.45, 7) is -0.113. The van der Waals surface area contributed by atoms with Crippen LogP contribution in [0.4, 0.5) is 10.5 Å². The molecule has 0 spiro atoms. The lowest BCUT2D eigenvalue weighted by Crippen LogP contribution is -2.36. The van der Waals surface area contributed by atoms with Gasteiger partial charge in [-0.2, -0.15) is 13.7 Å². The van der Waals surface area contributed by atoms with Gasteiger partial charge in [0.05, 0.1) is 17.1 Å². The Labute approximate surface area is 115 Å². The Morgan fingerprint density at radius 1 is 1.42 bits per heavy atom. The zero-order chi connectivity index (χ0) is 14.3.